The molecule has 23 heavy (non-hydrogen) atoms. The molecule has 0 radical (unpaired) electrons. The molecule has 2 aromatic heterocycles. The number of amides is 1. The molecule has 1 fully saturated rings. The van der Waals surface area contributed by atoms with Crippen LogP contribution >= 0.6 is 11.3 Å². The molecule has 0 aromatic carbocycles. The van der Waals surface area contributed by atoms with Crippen molar-refractivity contribution in [3.63, 3.8) is 0 Å². The van der Waals surface area contributed by atoms with Gasteiger partial charge in [-0.05, 0) is 18.1 Å². The van der Waals surface area contributed by atoms with Gasteiger partial charge in [-0.2, -0.15) is 0 Å². The molecule has 4 rings (SSSR count). The molecule has 1 N–H and O–H groups in total. The van der Waals surface area contributed by atoms with Crippen LogP contribution in [0.2, 0.25) is 0 Å². The van der Waals surface area contributed by atoms with Crippen LogP contribution < -0.4 is 5.32 Å². The van der Waals surface area contributed by atoms with Crippen LogP contribution in [0.4, 0.5) is 5.13 Å². The number of hydrogen-bond acceptors (Lipinski definition) is 6. The molecule has 0 bridgehead atoms. The molecule has 1 spiro atoms. The summed E-state index contributed by atoms with van der Waals surface area (Å²) in [5.74, 6) is -0.0874. The first kappa shape index (κ1) is 14.7. The zero-order chi connectivity index (χ0) is 15.9. The molecular weight excluding hydrogens is 312 g/mol. The van der Waals surface area contributed by atoms with Crippen molar-refractivity contribution in [3.8, 4) is 0 Å². The number of nitrogens with zero attached hydrogens (tertiary/aromatic N) is 3. The van der Waals surface area contributed by atoms with Crippen molar-refractivity contribution in [2.45, 2.75) is 32.1 Å². The van der Waals surface area contributed by atoms with E-state index < -0.39 is 0 Å². The zero-order valence-electron chi connectivity index (χ0n) is 12.9. The molecule has 1 atom stereocenters. The van der Waals surface area contributed by atoms with Gasteiger partial charge in [0.2, 0.25) is 5.91 Å². The minimum Gasteiger partial charge on any atom is -0.364 e. The highest BCUT2D eigenvalue weighted by Gasteiger charge is 2.45. The van der Waals surface area contributed by atoms with Gasteiger partial charge in [-0.3, -0.25) is 14.7 Å². The Balaban J connectivity index is 1.45. The number of thiazole rings is 1. The maximum absolute atomic E-state index is 11.1. The summed E-state index contributed by atoms with van der Waals surface area (Å²) in [5.41, 5.74) is 2.32. The summed E-state index contributed by atoms with van der Waals surface area (Å²) in [6, 6.07) is 2.09. The van der Waals surface area contributed by atoms with Crippen molar-refractivity contribution >= 4 is 22.4 Å². The number of carbonyl (C=O) groups is 1. The molecule has 4 heterocycles. The number of fused-ring (bicyclic) bond motifs is 2. The summed E-state index contributed by atoms with van der Waals surface area (Å²) in [7, 11) is 0. The quantitative estimate of drug-likeness (QED) is 0.934. The van der Waals surface area contributed by atoms with Gasteiger partial charge in [-0.15, -0.1) is 11.3 Å². The lowest BCUT2D eigenvalue weighted by molar-refractivity contribution is -0.114. The van der Waals surface area contributed by atoms with Crippen LogP contribution in [-0.2, 0) is 28.3 Å². The number of carbonyl (C=O) groups excluding carboxylic acids is 1. The predicted molar refractivity (Wildman–Crippen MR) is 87.0 cm³/mol. The second-order valence-electron chi connectivity index (χ2n) is 6.09. The Hall–Kier alpha value is -1.83. The molecular formula is C16H18N4O2S. The van der Waals surface area contributed by atoms with Crippen LogP contribution in [-0.4, -0.2) is 33.9 Å². The molecule has 7 heteroatoms. The van der Waals surface area contributed by atoms with E-state index in [9.17, 15) is 4.79 Å². The van der Waals surface area contributed by atoms with E-state index in [0.29, 0.717) is 11.7 Å². The highest BCUT2D eigenvalue weighted by Crippen LogP contribution is 2.43. The Kier molecular flexibility index (Phi) is 3.63. The molecule has 1 unspecified atom stereocenters. The van der Waals surface area contributed by atoms with Gasteiger partial charge in [0.05, 0.1) is 6.61 Å². The van der Waals surface area contributed by atoms with Gasteiger partial charge in [-0.1, -0.05) is 0 Å². The molecule has 0 saturated carbocycles. The van der Waals surface area contributed by atoms with Crippen molar-refractivity contribution < 1.29 is 9.53 Å². The molecule has 1 saturated heterocycles. The molecule has 2 aliphatic rings. The number of pyridine rings is 1. The fourth-order valence-electron chi connectivity index (χ4n) is 3.42. The largest absolute Gasteiger partial charge is 0.364 e. The summed E-state index contributed by atoms with van der Waals surface area (Å²) in [4.78, 5) is 23.1. The first-order valence-corrected chi connectivity index (χ1v) is 8.48. The van der Waals surface area contributed by atoms with E-state index in [4.69, 9.17) is 4.74 Å². The smallest absolute Gasteiger partial charge is 0.223 e. The lowest BCUT2D eigenvalue weighted by Gasteiger charge is -2.24. The summed E-state index contributed by atoms with van der Waals surface area (Å²) >= 11 is 1.53. The summed E-state index contributed by atoms with van der Waals surface area (Å²) in [6.07, 6.45) is 6.60. The van der Waals surface area contributed by atoms with Crippen molar-refractivity contribution in [3.05, 3.63) is 40.7 Å². The van der Waals surface area contributed by atoms with E-state index in [2.05, 4.69) is 26.3 Å². The Morgan fingerprint density at radius 2 is 2.43 bits per heavy atom. The van der Waals surface area contributed by atoms with Gasteiger partial charge in [0.1, 0.15) is 5.60 Å². The first-order valence-electron chi connectivity index (χ1n) is 7.67. The predicted octanol–water partition coefficient (Wildman–Crippen LogP) is 2.13. The van der Waals surface area contributed by atoms with Gasteiger partial charge in [-0.25, -0.2) is 4.98 Å². The third-order valence-electron chi connectivity index (χ3n) is 4.43. The van der Waals surface area contributed by atoms with Crippen molar-refractivity contribution in [1.29, 1.82) is 0 Å². The maximum atomic E-state index is 11.1. The highest BCUT2D eigenvalue weighted by atomic mass is 32.1. The zero-order valence-corrected chi connectivity index (χ0v) is 13.7. The molecule has 0 aliphatic carbocycles. The number of anilines is 1. The molecule has 2 aromatic rings. The average molecular weight is 330 g/mol. The van der Waals surface area contributed by atoms with Gasteiger partial charge >= 0.3 is 0 Å². The van der Waals surface area contributed by atoms with Crippen molar-refractivity contribution in [1.82, 2.24) is 14.9 Å². The fourth-order valence-corrected chi connectivity index (χ4v) is 4.32. The summed E-state index contributed by atoms with van der Waals surface area (Å²) in [6.45, 7) is 4.87. The third kappa shape index (κ3) is 2.75. The minimum absolute atomic E-state index is 0.0874. The monoisotopic (exact) mass is 330 g/mol. The lowest BCUT2D eigenvalue weighted by Crippen LogP contribution is -2.30. The van der Waals surface area contributed by atoms with Crippen LogP contribution in [0.25, 0.3) is 0 Å². The SMILES string of the molecule is CC(=O)Nc1ncc(CN2CCC3(C2)OCc2cnccc23)s1. The van der Waals surface area contributed by atoms with Gasteiger partial charge in [0.15, 0.2) is 5.13 Å². The molecule has 6 nitrogen and oxygen atoms in total. The van der Waals surface area contributed by atoms with Crippen molar-refractivity contribution in [2.75, 3.05) is 18.4 Å². The fraction of sp³-hybridized carbons (Fsp3) is 0.438. The summed E-state index contributed by atoms with van der Waals surface area (Å²) < 4.78 is 6.15. The van der Waals surface area contributed by atoms with Crippen LogP contribution in [0, 0.1) is 0 Å². The van der Waals surface area contributed by atoms with Crippen LogP contribution in [0.1, 0.15) is 29.3 Å². The van der Waals surface area contributed by atoms with Gasteiger partial charge in [0, 0.05) is 55.6 Å². The number of rotatable bonds is 3. The van der Waals surface area contributed by atoms with E-state index in [1.165, 1.54) is 29.4 Å². The minimum atomic E-state index is -0.177. The van der Waals surface area contributed by atoms with E-state index in [-0.39, 0.29) is 11.5 Å². The Morgan fingerprint density at radius 1 is 1.52 bits per heavy atom. The number of aromatic nitrogens is 2. The number of nitrogens with one attached hydrogen (secondary N) is 1. The number of hydrogen-bond donors (Lipinski definition) is 1. The Labute approximate surface area is 138 Å². The standard InChI is InChI=1S/C16H18N4O2S/c1-11(21)19-15-18-7-13(23-15)8-20-5-3-16(10-20)14-2-4-17-6-12(14)9-22-16/h2,4,6-7H,3,5,8-10H2,1H3,(H,18,19,21). The molecule has 120 valence electrons. The number of ether oxygens (including phenoxy) is 1. The maximum Gasteiger partial charge on any atom is 0.223 e. The van der Waals surface area contributed by atoms with Crippen molar-refractivity contribution in [2.24, 2.45) is 0 Å². The van der Waals surface area contributed by atoms with E-state index >= 15 is 0 Å². The van der Waals surface area contributed by atoms with E-state index in [0.717, 1.165) is 30.9 Å². The highest BCUT2D eigenvalue weighted by molar-refractivity contribution is 7.15. The van der Waals surface area contributed by atoms with Crippen LogP contribution in [0.15, 0.2) is 24.7 Å². The first-order chi connectivity index (χ1) is 11.1. The van der Waals surface area contributed by atoms with Crippen LogP contribution in [0.5, 0.6) is 0 Å². The summed E-state index contributed by atoms with van der Waals surface area (Å²) in [5, 5.41) is 3.39. The third-order valence-corrected chi connectivity index (χ3v) is 5.32. The second-order valence-corrected chi connectivity index (χ2v) is 7.20. The van der Waals surface area contributed by atoms with Gasteiger partial charge < -0.3 is 10.1 Å². The Bertz CT molecular complexity index is 747. The Morgan fingerprint density at radius 3 is 3.30 bits per heavy atom. The molecule has 1 amide bonds. The number of likely N-dealkylation sites (tertiary alicyclic amines) is 1. The lowest BCUT2D eigenvalue weighted by atomic mass is 9.93. The topological polar surface area (TPSA) is 67.4 Å². The average Bonchev–Trinajstić information content (AvgIpc) is 3.22. The van der Waals surface area contributed by atoms with Crippen LogP contribution in [0.3, 0.4) is 0 Å². The van der Waals surface area contributed by atoms with E-state index in [1.54, 1.807) is 0 Å². The normalized spacial score (nSPS) is 23.3. The van der Waals surface area contributed by atoms with E-state index in [1.807, 2.05) is 18.6 Å². The van der Waals surface area contributed by atoms with Gasteiger partial charge in [0.25, 0.3) is 0 Å². The molecule has 2 aliphatic heterocycles. The second kappa shape index (κ2) is 5.67.